The molecule has 0 unspecified atom stereocenters. The highest BCUT2D eigenvalue weighted by molar-refractivity contribution is 6.25. The van der Waals surface area contributed by atoms with Crippen LogP contribution >= 0.6 is 0 Å². The van der Waals surface area contributed by atoms with Crippen LogP contribution in [0.1, 0.15) is 0 Å². The SMILES string of the molecule is c1ccc2c(-n3ccnc3)c3c(c(-n4ccnc4)c2c1)-c1nc-3nc2[nH]c(nc3nc(nc4[nH]c(n1)c1c(-n5ccnc5)c5ccccc5c(-n5ccnc5)c41)-c1c-3c(-n3ccnc3)c3ccccc3c1-n1ccnc1)c1c(-n3ccnc3)c3ccccc3c(-n3ccnc3)c21. The second kappa shape index (κ2) is 19.7. The summed E-state index contributed by atoms with van der Waals surface area (Å²) >= 11 is 0. The maximum atomic E-state index is 5.95. The monoisotopic (exact) mass is 1240 g/mol. The standard InChI is InChI=1S/C72H42N24/c1-2-10-42-41(9-1)57(89-25-17-73-33-89)49-50(58(42)90-26-18-74-34-90)66-81-65(49)85-67-51-52(60(92-28-20-76-36-92)44-12-4-3-11-43(44)59(51)91-27-19-75-35-91)69(82-67)87-71-55-56(64(96-32-24-80-40-96)48-16-8-7-15-47(48)63(55)95-31-23-79-39-95)72(84-71)88-70-54-53(68(83-70)86-66)61(93-29-21-77-37-93)45-13-5-6-14-46(45)62(54)94-30-22-78-38-94/h1-40H,(H2,81,82,83,84,85,86,87,88). The lowest BCUT2D eigenvalue weighted by Gasteiger charge is -2.19. The van der Waals surface area contributed by atoms with E-state index in [9.17, 15) is 0 Å². The second-order valence-corrected chi connectivity index (χ2v) is 23.3. The van der Waals surface area contributed by atoms with Gasteiger partial charge < -0.3 is 46.5 Å². The Labute approximate surface area is 538 Å². The van der Waals surface area contributed by atoms with Crippen LogP contribution in [0, 0.1) is 0 Å². The largest absolute Gasteiger partial charge is 0.324 e. The minimum absolute atomic E-state index is 0.341. The molecule has 2 aliphatic rings. The summed E-state index contributed by atoms with van der Waals surface area (Å²) in [4.78, 5) is 80.5. The van der Waals surface area contributed by atoms with E-state index < -0.39 is 0 Å². The topological polar surface area (TPSA) is 251 Å². The molecule has 0 atom stereocenters. The Morgan fingerprint density at radius 2 is 0.385 bits per heavy atom. The number of hydrogen-bond donors (Lipinski definition) is 2. The van der Waals surface area contributed by atoms with Crippen molar-refractivity contribution in [3.05, 3.63) is 247 Å². The van der Waals surface area contributed by atoms with E-state index in [1.54, 1.807) is 74.9 Å². The summed E-state index contributed by atoms with van der Waals surface area (Å²) in [7, 11) is 0. The molecular formula is C72H42N24. The second-order valence-electron chi connectivity index (χ2n) is 23.3. The van der Waals surface area contributed by atoms with Crippen molar-refractivity contribution in [3.63, 3.8) is 0 Å². The van der Waals surface area contributed by atoms with Gasteiger partial charge in [0, 0.05) is 142 Å². The third-order valence-corrected chi connectivity index (χ3v) is 18.4. The van der Waals surface area contributed by atoms with Crippen LogP contribution in [-0.2, 0) is 0 Å². The minimum Gasteiger partial charge on any atom is -0.324 e. The summed E-state index contributed by atoms with van der Waals surface area (Å²) in [6.07, 6.45) is 44.2. The lowest BCUT2D eigenvalue weighted by atomic mass is 9.95. The van der Waals surface area contributed by atoms with Gasteiger partial charge >= 0.3 is 0 Å². The molecule has 0 saturated carbocycles. The van der Waals surface area contributed by atoms with Crippen LogP contribution in [0.25, 0.3) is 178 Å². The van der Waals surface area contributed by atoms with Crippen LogP contribution in [0.3, 0.4) is 0 Å². The van der Waals surface area contributed by atoms with E-state index in [4.69, 9.17) is 29.9 Å². The quantitative estimate of drug-likeness (QED) is 0.144. The first-order valence-electron chi connectivity index (χ1n) is 30.7. The number of H-pyrrole nitrogens is 2. The zero-order chi connectivity index (χ0) is 62.7. The molecule has 2 aliphatic heterocycles. The van der Waals surface area contributed by atoms with Gasteiger partial charge in [-0.25, -0.2) is 69.8 Å². The number of aromatic nitrogens is 24. The molecule has 2 N–H and O–H groups in total. The van der Waals surface area contributed by atoms with Gasteiger partial charge in [-0.15, -0.1) is 0 Å². The maximum absolute atomic E-state index is 5.95. The van der Waals surface area contributed by atoms with Crippen molar-refractivity contribution in [1.82, 2.24) is 116 Å². The van der Waals surface area contributed by atoms with E-state index in [0.717, 1.165) is 88.6 Å². The predicted molar refractivity (Wildman–Crippen MR) is 363 cm³/mol. The molecule has 24 heteroatoms. The molecule has 96 heavy (non-hydrogen) atoms. The van der Waals surface area contributed by atoms with Crippen molar-refractivity contribution in [2.45, 2.75) is 0 Å². The summed E-state index contributed by atoms with van der Waals surface area (Å²) in [5.74, 6) is 1.36. The van der Waals surface area contributed by atoms with Crippen molar-refractivity contribution >= 4 is 87.2 Å². The van der Waals surface area contributed by atoms with Gasteiger partial charge in [0.2, 0.25) is 0 Å². The lowest BCUT2D eigenvalue weighted by Crippen LogP contribution is -2.03. The fourth-order valence-corrected chi connectivity index (χ4v) is 14.7. The van der Waals surface area contributed by atoms with Crippen molar-refractivity contribution in [1.29, 1.82) is 0 Å². The molecule has 11 aromatic heterocycles. The molecule has 0 aliphatic carbocycles. The summed E-state index contributed by atoms with van der Waals surface area (Å²) in [5.41, 5.74) is 10.7. The molecule has 19 aromatic rings. The van der Waals surface area contributed by atoms with E-state index in [1.807, 2.05) is 160 Å². The molecule has 24 nitrogen and oxygen atoms in total. The number of aromatic amines is 2. The van der Waals surface area contributed by atoms with Crippen LogP contribution in [0.2, 0.25) is 0 Å². The average molecular weight is 1240 g/mol. The molecule has 0 amide bonds. The van der Waals surface area contributed by atoms with Crippen molar-refractivity contribution in [2.24, 2.45) is 0 Å². The smallest absolute Gasteiger partial charge is 0.166 e. The van der Waals surface area contributed by atoms with E-state index in [1.165, 1.54) is 0 Å². The third-order valence-electron chi connectivity index (χ3n) is 18.4. The van der Waals surface area contributed by atoms with Gasteiger partial charge in [0.05, 0.1) is 140 Å². The van der Waals surface area contributed by atoms with E-state index >= 15 is 0 Å². The lowest BCUT2D eigenvalue weighted by molar-refractivity contribution is 1.05. The molecule has 450 valence electrons. The molecule has 0 saturated heterocycles. The zero-order valence-corrected chi connectivity index (χ0v) is 49.9. The molecule has 8 bridgehead atoms. The van der Waals surface area contributed by atoms with Gasteiger partial charge in [-0.1, -0.05) is 97.1 Å². The van der Waals surface area contributed by atoms with Crippen molar-refractivity contribution in [2.75, 3.05) is 0 Å². The molecular weight excluding hydrogens is 1200 g/mol. The van der Waals surface area contributed by atoms with Gasteiger partial charge in [-0.2, -0.15) is 0 Å². The summed E-state index contributed by atoms with van der Waals surface area (Å²) in [6.45, 7) is 0. The Bertz CT molecular complexity index is 5760. The molecule has 0 spiro atoms. The Kier molecular flexibility index (Phi) is 10.6. The van der Waals surface area contributed by atoms with Crippen LogP contribution in [-0.4, -0.2) is 116 Å². The Morgan fingerprint density at radius 1 is 0.208 bits per heavy atom. The molecule has 0 radical (unpaired) electrons. The van der Waals surface area contributed by atoms with E-state index in [-0.39, 0.29) is 0 Å². The summed E-state index contributed by atoms with van der Waals surface area (Å²) in [5, 5.41) is 10.1. The summed E-state index contributed by atoms with van der Waals surface area (Å²) in [6, 6.07) is 33.3. The number of benzene rings is 8. The third kappa shape index (κ3) is 7.24. The normalized spacial score (nSPS) is 12.2. The highest BCUT2D eigenvalue weighted by atomic mass is 15.1. The minimum atomic E-state index is 0.341. The van der Waals surface area contributed by atoms with E-state index in [0.29, 0.717) is 89.7 Å². The molecule has 21 rings (SSSR count). The number of hydrogen-bond acceptors (Lipinski definition) is 14. The number of nitrogens with one attached hydrogen (secondary N) is 2. The molecule has 0 fully saturated rings. The van der Waals surface area contributed by atoms with E-state index in [2.05, 4.69) is 98.4 Å². The Hall–Kier alpha value is -14.2. The fraction of sp³-hybridized carbons (Fsp3) is 0. The number of fused-ring (bicyclic) bond motifs is 24. The van der Waals surface area contributed by atoms with Gasteiger partial charge in [0.15, 0.2) is 23.3 Å². The number of nitrogens with zero attached hydrogens (tertiary/aromatic N) is 22. The summed E-state index contributed by atoms with van der Waals surface area (Å²) < 4.78 is 16.2. The van der Waals surface area contributed by atoms with Gasteiger partial charge in [0.25, 0.3) is 0 Å². The molecule has 13 heterocycles. The van der Waals surface area contributed by atoms with Crippen molar-refractivity contribution in [3.8, 4) is 91.1 Å². The highest BCUT2D eigenvalue weighted by Crippen LogP contribution is 2.52. The van der Waals surface area contributed by atoms with Gasteiger partial charge in [-0.05, 0) is 0 Å². The van der Waals surface area contributed by atoms with Crippen LogP contribution in [0.15, 0.2) is 247 Å². The van der Waals surface area contributed by atoms with Crippen molar-refractivity contribution < 1.29 is 0 Å². The predicted octanol–water partition coefficient (Wildman–Crippen LogP) is 13.0. The highest BCUT2D eigenvalue weighted by Gasteiger charge is 2.35. The van der Waals surface area contributed by atoms with Crippen LogP contribution in [0.4, 0.5) is 0 Å². The molecule has 8 aromatic carbocycles. The maximum Gasteiger partial charge on any atom is 0.166 e. The first kappa shape index (κ1) is 51.6. The number of imidazole rings is 8. The van der Waals surface area contributed by atoms with Gasteiger partial charge in [-0.3, -0.25) is 0 Å². The first-order valence-corrected chi connectivity index (χ1v) is 30.7. The van der Waals surface area contributed by atoms with Crippen LogP contribution in [0.5, 0.6) is 0 Å². The zero-order valence-electron chi connectivity index (χ0n) is 49.9. The fourth-order valence-electron chi connectivity index (χ4n) is 14.7. The Morgan fingerprint density at radius 3 is 0.562 bits per heavy atom. The first-order chi connectivity index (χ1) is 47.7. The van der Waals surface area contributed by atoms with Gasteiger partial charge in [0.1, 0.15) is 22.6 Å². The average Bonchev–Trinajstić information content (AvgIpc) is 1.56. The Balaban J connectivity index is 1.07. The van der Waals surface area contributed by atoms with Crippen LogP contribution < -0.4 is 0 Å². The number of rotatable bonds is 8.